The van der Waals surface area contributed by atoms with E-state index in [1.54, 1.807) is 14.0 Å². The molecule has 34 heavy (non-hydrogen) atoms. The standard InChI is InChI=1S/C26H33NO4S3/c1-7-10-16(11-8-2)23(28)27-19-13-12-17(30-6)14-18(19)21(22(32)26(27,4)5)25-33-15-20(34-25)24(29)31-9-3/h12-16H,7-11H2,1-6H3. The van der Waals surface area contributed by atoms with Crippen LogP contribution < -0.4 is 9.64 Å². The number of hydrogen-bond acceptors (Lipinski definition) is 7. The van der Waals surface area contributed by atoms with Crippen molar-refractivity contribution >= 4 is 63.7 Å². The van der Waals surface area contributed by atoms with Crippen LogP contribution in [-0.4, -0.2) is 36.0 Å². The van der Waals surface area contributed by atoms with E-state index in [9.17, 15) is 9.59 Å². The number of thioether (sulfide) groups is 2. The van der Waals surface area contributed by atoms with Crippen molar-refractivity contribution in [1.82, 2.24) is 0 Å². The molecule has 0 bridgehead atoms. The summed E-state index contributed by atoms with van der Waals surface area (Å²) in [4.78, 5) is 29.4. The summed E-state index contributed by atoms with van der Waals surface area (Å²) < 4.78 is 11.6. The van der Waals surface area contributed by atoms with Crippen LogP contribution >= 0.6 is 35.7 Å². The normalized spacial score (nSPS) is 19.2. The summed E-state index contributed by atoms with van der Waals surface area (Å²) in [5.41, 5.74) is 1.86. The van der Waals surface area contributed by atoms with Crippen LogP contribution in [0.1, 0.15) is 65.9 Å². The molecule has 2 aliphatic heterocycles. The van der Waals surface area contributed by atoms with E-state index < -0.39 is 5.54 Å². The molecule has 0 unspecified atom stereocenters. The number of thiocarbonyl (C=S) groups is 1. The van der Waals surface area contributed by atoms with Crippen LogP contribution in [0.2, 0.25) is 0 Å². The molecule has 2 heterocycles. The van der Waals surface area contributed by atoms with Gasteiger partial charge in [0.15, 0.2) is 0 Å². The molecule has 0 saturated carbocycles. The predicted octanol–water partition coefficient (Wildman–Crippen LogP) is 6.96. The van der Waals surface area contributed by atoms with Crippen molar-refractivity contribution < 1.29 is 19.1 Å². The molecule has 1 amide bonds. The number of carbonyl (C=O) groups excluding carboxylic acids is 2. The smallest absolute Gasteiger partial charge is 0.345 e. The average Bonchev–Trinajstić information content (AvgIpc) is 3.29. The Balaban J connectivity index is 2.15. The molecule has 0 spiro atoms. The second-order valence-electron chi connectivity index (χ2n) is 8.80. The third-order valence-electron chi connectivity index (χ3n) is 6.06. The Bertz CT molecular complexity index is 1040. The third kappa shape index (κ3) is 5.09. The highest BCUT2D eigenvalue weighted by Gasteiger charge is 2.46. The zero-order valence-electron chi connectivity index (χ0n) is 20.7. The lowest BCUT2D eigenvalue weighted by molar-refractivity contribution is -0.137. The van der Waals surface area contributed by atoms with Gasteiger partial charge in [0, 0.05) is 17.1 Å². The van der Waals surface area contributed by atoms with Crippen LogP contribution in [0, 0.1) is 5.92 Å². The number of benzene rings is 1. The number of fused-ring (bicyclic) bond motifs is 1. The van der Waals surface area contributed by atoms with Gasteiger partial charge in [0.2, 0.25) is 5.91 Å². The maximum Gasteiger partial charge on any atom is 0.345 e. The van der Waals surface area contributed by atoms with Gasteiger partial charge in [-0.1, -0.05) is 62.4 Å². The summed E-state index contributed by atoms with van der Waals surface area (Å²) in [5, 5.41) is 1.82. The van der Waals surface area contributed by atoms with E-state index in [4.69, 9.17) is 21.7 Å². The number of methoxy groups -OCH3 is 1. The molecule has 0 saturated heterocycles. The van der Waals surface area contributed by atoms with Gasteiger partial charge in [-0.3, -0.25) is 4.79 Å². The van der Waals surface area contributed by atoms with Crippen molar-refractivity contribution in [3.05, 3.63) is 38.3 Å². The molecule has 0 fully saturated rings. The van der Waals surface area contributed by atoms with E-state index in [-0.39, 0.29) is 17.8 Å². The van der Waals surface area contributed by atoms with E-state index in [1.807, 2.05) is 42.4 Å². The minimum atomic E-state index is -0.704. The summed E-state index contributed by atoms with van der Waals surface area (Å²) in [6.45, 7) is 10.4. The SMILES string of the molecule is CCCC(CCC)C(=O)N1c2ccc(OC)cc2C(=C2SC=C(C(=O)OCC)S2)C(=S)C1(C)C. The fourth-order valence-electron chi connectivity index (χ4n) is 4.39. The van der Waals surface area contributed by atoms with E-state index in [2.05, 4.69) is 13.8 Å². The molecule has 1 aromatic rings. The molecule has 184 valence electrons. The first-order chi connectivity index (χ1) is 16.2. The van der Waals surface area contributed by atoms with Gasteiger partial charge in [-0.05, 0) is 57.2 Å². The number of carbonyl (C=O) groups is 2. The van der Waals surface area contributed by atoms with Crippen LogP contribution in [0.3, 0.4) is 0 Å². The third-order valence-corrected chi connectivity index (χ3v) is 9.11. The molecule has 2 aliphatic rings. The number of anilines is 1. The topological polar surface area (TPSA) is 55.8 Å². The molecule has 1 aromatic carbocycles. The molecule has 8 heteroatoms. The second-order valence-corrected chi connectivity index (χ2v) is 11.4. The van der Waals surface area contributed by atoms with Crippen molar-refractivity contribution in [3.8, 4) is 5.75 Å². The minimum Gasteiger partial charge on any atom is -0.497 e. The Labute approximate surface area is 216 Å². The van der Waals surface area contributed by atoms with Crippen LogP contribution in [-0.2, 0) is 14.3 Å². The monoisotopic (exact) mass is 519 g/mol. The molecule has 0 aromatic heterocycles. The lowest BCUT2D eigenvalue weighted by atomic mass is 9.81. The first-order valence-corrected chi connectivity index (χ1v) is 13.8. The van der Waals surface area contributed by atoms with Crippen molar-refractivity contribution in [3.63, 3.8) is 0 Å². The highest BCUT2D eigenvalue weighted by atomic mass is 32.2. The van der Waals surface area contributed by atoms with Gasteiger partial charge in [-0.15, -0.1) is 0 Å². The lowest BCUT2D eigenvalue weighted by Crippen LogP contribution is -2.57. The van der Waals surface area contributed by atoms with Gasteiger partial charge in [0.25, 0.3) is 0 Å². The summed E-state index contributed by atoms with van der Waals surface area (Å²) in [6, 6.07) is 5.78. The number of rotatable bonds is 8. The van der Waals surface area contributed by atoms with Gasteiger partial charge in [0.1, 0.15) is 10.7 Å². The van der Waals surface area contributed by atoms with Crippen LogP contribution in [0.25, 0.3) is 5.57 Å². The molecule has 0 radical (unpaired) electrons. The van der Waals surface area contributed by atoms with Crippen molar-refractivity contribution in [2.45, 2.75) is 65.8 Å². The highest BCUT2D eigenvalue weighted by Crippen LogP contribution is 2.53. The Hall–Kier alpha value is -1.77. The largest absolute Gasteiger partial charge is 0.497 e. The van der Waals surface area contributed by atoms with E-state index in [1.165, 1.54) is 23.5 Å². The van der Waals surface area contributed by atoms with Gasteiger partial charge in [-0.25, -0.2) is 4.79 Å². The highest BCUT2D eigenvalue weighted by molar-refractivity contribution is 8.28. The number of nitrogens with zero attached hydrogens (tertiary/aromatic N) is 1. The zero-order valence-corrected chi connectivity index (χ0v) is 23.2. The quantitative estimate of drug-likeness (QED) is 0.209. The van der Waals surface area contributed by atoms with Crippen LogP contribution in [0.4, 0.5) is 5.69 Å². The molecular weight excluding hydrogens is 486 g/mol. The number of ether oxygens (including phenoxy) is 2. The Morgan fingerprint density at radius 1 is 1.15 bits per heavy atom. The molecule has 5 nitrogen and oxygen atoms in total. The van der Waals surface area contributed by atoms with Gasteiger partial charge in [0.05, 0.1) is 34.0 Å². The van der Waals surface area contributed by atoms with Crippen molar-refractivity contribution in [1.29, 1.82) is 0 Å². The van der Waals surface area contributed by atoms with Crippen molar-refractivity contribution in [2.24, 2.45) is 5.92 Å². The number of amides is 1. The van der Waals surface area contributed by atoms with Crippen molar-refractivity contribution in [2.75, 3.05) is 18.6 Å². The first kappa shape index (κ1) is 26.8. The fourth-order valence-corrected chi connectivity index (χ4v) is 7.06. The average molecular weight is 520 g/mol. The lowest BCUT2D eigenvalue weighted by Gasteiger charge is -2.46. The molecule has 0 atom stereocenters. The van der Waals surface area contributed by atoms with E-state index >= 15 is 0 Å². The molecule has 3 rings (SSSR count). The Morgan fingerprint density at radius 3 is 2.41 bits per heavy atom. The van der Waals surface area contributed by atoms with Crippen LogP contribution in [0.15, 0.2) is 32.7 Å². The summed E-state index contributed by atoms with van der Waals surface area (Å²) in [6.07, 6.45) is 3.61. The second kappa shape index (κ2) is 11.3. The maximum absolute atomic E-state index is 13.9. The van der Waals surface area contributed by atoms with Crippen LogP contribution in [0.5, 0.6) is 5.75 Å². The maximum atomic E-state index is 13.9. The van der Waals surface area contributed by atoms with E-state index in [0.717, 1.165) is 46.7 Å². The summed E-state index contributed by atoms with van der Waals surface area (Å²) >= 11 is 8.91. The molecule has 0 N–H and O–H groups in total. The Morgan fingerprint density at radius 2 is 1.82 bits per heavy atom. The first-order valence-electron chi connectivity index (χ1n) is 11.7. The number of esters is 1. The number of hydrogen-bond donors (Lipinski definition) is 0. The predicted molar refractivity (Wildman–Crippen MR) is 147 cm³/mol. The fraction of sp³-hybridized carbons (Fsp3) is 0.500. The summed E-state index contributed by atoms with van der Waals surface area (Å²) in [7, 11) is 1.63. The van der Waals surface area contributed by atoms with Gasteiger partial charge in [-0.2, -0.15) is 0 Å². The summed E-state index contributed by atoms with van der Waals surface area (Å²) in [5.74, 6) is 0.426. The zero-order chi connectivity index (χ0) is 25.0. The molecule has 0 aliphatic carbocycles. The van der Waals surface area contributed by atoms with E-state index in [0.29, 0.717) is 22.1 Å². The minimum absolute atomic E-state index is 0.0476. The van der Waals surface area contributed by atoms with Gasteiger partial charge >= 0.3 is 5.97 Å². The molecular formula is C26H33NO4S3. The Kier molecular flexibility index (Phi) is 8.93. The van der Waals surface area contributed by atoms with Gasteiger partial charge < -0.3 is 14.4 Å².